The predicted octanol–water partition coefficient (Wildman–Crippen LogP) is 3.77. The van der Waals surface area contributed by atoms with E-state index >= 15 is 0 Å². The maximum atomic E-state index is 5.18. The van der Waals surface area contributed by atoms with Gasteiger partial charge in [0.1, 0.15) is 5.75 Å². The molecule has 0 spiro atoms. The first kappa shape index (κ1) is 15.6. The number of hydrogen-bond donors (Lipinski definition) is 1. The molecular formula is C19H25NO. The highest BCUT2D eigenvalue weighted by Crippen LogP contribution is 2.12. The third kappa shape index (κ3) is 5.24. The molecule has 112 valence electrons. The molecule has 1 unspecified atom stereocenters. The summed E-state index contributed by atoms with van der Waals surface area (Å²) in [6.45, 7) is 5.39. The molecule has 0 bridgehead atoms. The van der Waals surface area contributed by atoms with Crippen LogP contribution in [0.25, 0.3) is 0 Å². The van der Waals surface area contributed by atoms with Crippen LogP contribution in [-0.4, -0.2) is 19.7 Å². The van der Waals surface area contributed by atoms with Gasteiger partial charge in [0.25, 0.3) is 0 Å². The lowest BCUT2D eigenvalue weighted by Gasteiger charge is -2.14. The smallest absolute Gasteiger partial charge is 0.118 e. The van der Waals surface area contributed by atoms with Gasteiger partial charge in [0.05, 0.1) is 7.11 Å². The van der Waals surface area contributed by atoms with Gasteiger partial charge in [-0.2, -0.15) is 0 Å². The summed E-state index contributed by atoms with van der Waals surface area (Å²) in [7, 11) is 1.70. The van der Waals surface area contributed by atoms with E-state index in [0.29, 0.717) is 6.04 Å². The molecule has 0 aliphatic heterocycles. The van der Waals surface area contributed by atoms with Crippen molar-refractivity contribution >= 4 is 0 Å². The SMILES string of the molecule is COc1ccc(CC(C)NCCc2cccc(C)c2)cc1. The van der Waals surface area contributed by atoms with Gasteiger partial charge < -0.3 is 10.1 Å². The zero-order valence-electron chi connectivity index (χ0n) is 13.2. The van der Waals surface area contributed by atoms with Crippen LogP contribution in [0.2, 0.25) is 0 Å². The first-order valence-corrected chi connectivity index (χ1v) is 7.59. The van der Waals surface area contributed by atoms with Crippen molar-refractivity contribution in [1.82, 2.24) is 5.32 Å². The highest BCUT2D eigenvalue weighted by molar-refractivity contribution is 5.27. The maximum absolute atomic E-state index is 5.18. The van der Waals surface area contributed by atoms with Gasteiger partial charge in [0.2, 0.25) is 0 Å². The van der Waals surface area contributed by atoms with E-state index in [0.717, 1.165) is 25.1 Å². The Labute approximate surface area is 128 Å². The Morgan fingerprint density at radius 2 is 1.81 bits per heavy atom. The molecule has 0 aliphatic rings. The fourth-order valence-corrected chi connectivity index (χ4v) is 2.52. The van der Waals surface area contributed by atoms with Crippen molar-refractivity contribution in [3.05, 3.63) is 65.2 Å². The Kier molecular flexibility index (Phi) is 5.82. The molecule has 0 saturated carbocycles. The van der Waals surface area contributed by atoms with E-state index in [4.69, 9.17) is 4.74 Å². The number of ether oxygens (including phenoxy) is 1. The Balaban J connectivity index is 1.75. The first-order valence-electron chi connectivity index (χ1n) is 7.59. The van der Waals surface area contributed by atoms with Crippen LogP contribution in [0.4, 0.5) is 0 Å². The first-order chi connectivity index (χ1) is 10.2. The highest BCUT2D eigenvalue weighted by Gasteiger charge is 2.03. The molecule has 1 N–H and O–H groups in total. The number of methoxy groups -OCH3 is 1. The van der Waals surface area contributed by atoms with Gasteiger partial charge in [-0.3, -0.25) is 0 Å². The molecule has 2 nitrogen and oxygen atoms in total. The van der Waals surface area contributed by atoms with Crippen LogP contribution in [0.1, 0.15) is 23.6 Å². The van der Waals surface area contributed by atoms with Crippen molar-refractivity contribution in [2.75, 3.05) is 13.7 Å². The van der Waals surface area contributed by atoms with Crippen molar-refractivity contribution in [2.24, 2.45) is 0 Å². The summed E-state index contributed by atoms with van der Waals surface area (Å²) >= 11 is 0. The molecule has 1 atom stereocenters. The van der Waals surface area contributed by atoms with Crippen molar-refractivity contribution in [3.8, 4) is 5.75 Å². The van der Waals surface area contributed by atoms with Gasteiger partial charge in [-0.25, -0.2) is 0 Å². The summed E-state index contributed by atoms with van der Waals surface area (Å²) in [5, 5.41) is 3.60. The Hall–Kier alpha value is -1.80. The lowest BCUT2D eigenvalue weighted by molar-refractivity contribution is 0.414. The summed E-state index contributed by atoms with van der Waals surface area (Å²) in [5.74, 6) is 0.916. The third-order valence-electron chi connectivity index (χ3n) is 3.69. The van der Waals surface area contributed by atoms with Crippen molar-refractivity contribution in [2.45, 2.75) is 32.7 Å². The Morgan fingerprint density at radius 1 is 1.05 bits per heavy atom. The molecular weight excluding hydrogens is 258 g/mol. The summed E-state index contributed by atoms with van der Waals surface area (Å²) in [5.41, 5.74) is 4.07. The van der Waals surface area contributed by atoms with E-state index in [1.165, 1.54) is 16.7 Å². The lowest BCUT2D eigenvalue weighted by atomic mass is 10.1. The highest BCUT2D eigenvalue weighted by atomic mass is 16.5. The second kappa shape index (κ2) is 7.84. The molecule has 0 aliphatic carbocycles. The number of benzene rings is 2. The largest absolute Gasteiger partial charge is 0.497 e. The van der Waals surface area contributed by atoms with Crippen LogP contribution >= 0.6 is 0 Å². The quantitative estimate of drug-likeness (QED) is 0.835. The Morgan fingerprint density at radius 3 is 2.48 bits per heavy atom. The fraction of sp³-hybridized carbons (Fsp3) is 0.368. The summed E-state index contributed by atoms with van der Waals surface area (Å²) in [4.78, 5) is 0. The van der Waals surface area contributed by atoms with E-state index < -0.39 is 0 Å². The van der Waals surface area contributed by atoms with Gasteiger partial charge in [0.15, 0.2) is 0 Å². The van der Waals surface area contributed by atoms with Crippen molar-refractivity contribution in [3.63, 3.8) is 0 Å². The second-order valence-corrected chi connectivity index (χ2v) is 5.65. The topological polar surface area (TPSA) is 21.3 Å². The molecule has 2 aromatic rings. The number of rotatable bonds is 7. The fourth-order valence-electron chi connectivity index (χ4n) is 2.52. The molecule has 0 aromatic heterocycles. The van der Waals surface area contributed by atoms with Crippen molar-refractivity contribution < 1.29 is 4.74 Å². The van der Waals surface area contributed by atoms with E-state index in [1.807, 2.05) is 12.1 Å². The van der Waals surface area contributed by atoms with Gasteiger partial charge >= 0.3 is 0 Å². The monoisotopic (exact) mass is 283 g/mol. The summed E-state index contributed by atoms with van der Waals surface area (Å²) in [6.07, 6.45) is 2.12. The zero-order valence-corrected chi connectivity index (χ0v) is 13.2. The van der Waals surface area contributed by atoms with Crippen LogP contribution in [-0.2, 0) is 12.8 Å². The van der Waals surface area contributed by atoms with E-state index in [-0.39, 0.29) is 0 Å². The molecule has 2 aromatic carbocycles. The summed E-state index contributed by atoms with van der Waals surface area (Å²) in [6, 6.07) is 17.5. The van der Waals surface area contributed by atoms with E-state index in [2.05, 4.69) is 55.6 Å². The number of nitrogens with one attached hydrogen (secondary N) is 1. The maximum Gasteiger partial charge on any atom is 0.118 e. The standard InChI is InChI=1S/C19H25NO/c1-15-5-4-6-17(13-15)11-12-20-16(2)14-18-7-9-19(21-3)10-8-18/h4-10,13,16,20H,11-12,14H2,1-3H3. The average molecular weight is 283 g/mol. The van der Waals surface area contributed by atoms with Crippen LogP contribution in [0.15, 0.2) is 48.5 Å². The van der Waals surface area contributed by atoms with E-state index in [9.17, 15) is 0 Å². The second-order valence-electron chi connectivity index (χ2n) is 5.65. The minimum atomic E-state index is 0.475. The van der Waals surface area contributed by atoms with Gasteiger partial charge in [-0.15, -0.1) is 0 Å². The normalized spacial score (nSPS) is 12.1. The molecule has 0 amide bonds. The summed E-state index contributed by atoms with van der Waals surface area (Å²) < 4.78 is 5.18. The molecule has 0 fully saturated rings. The van der Waals surface area contributed by atoms with Gasteiger partial charge in [-0.05, 0) is 56.5 Å². The zero-order chi connectivity index (χ0) is 15.1. The minimum absolute atomic E-state index is 0.475. The average Bonchev–Trinajstić information content (AvgIpc) is 2.48. The minimum Gasteiger partial charge on any atom is -0.497 e. The molecule has 0 radical (unpaired) electrons. The van der Waals surface area contributed by atoms with Crippen molar-refractivity contribution in [1.29, 1.82) is 0 Å². The molecule has 2 heteroatoms. The van der Waals surface area contributed by atoms with Crippen LogP contribution in [0.5, 0.6) is 5.75 Å². The predicted molar refractivity (Wildman–Crippen MR) is 89.0 cm³/mol. The number of aryl methyl sites for hydroxylation is 1. The molecule has 0 saturated heterocycles. The van der Waals surface area contributed by atoms with Crippen LogP contribution in [0, 0.1) is 6.92 Å². The van der Waals surface area contributed by atoms with Gasteiger partial charge in [-0.1, -0.05) is 42.0 Å². The van der Waals surface area contributed by atoms with E-state index in [1.54, 1.807) is 7.11 Å². The van der Waals surface area contributed by atoms with Crippen LogP contribution in [0.3, 0.4) is 0 Å². The Bertz CT molecular complexity index is 548. The lowest BCUT2D eigenvalue weighted by Crippen LogP contribution is -2.29. The molecule has 21 heavy (non-hydrogen) atoms. The third-order valence-corrected chi connectivity index (χ3v) is 3.69. The molecule has 2 rings (SSSR count). The van der Waals surface area contributed by atoms with Gasteiger partial charge in [0, 0.05) is 6.04 Å². The number of hydrogen-bond acceptors (Lipinski definition) is 2. The van der Waals surface area contributed by atoms with Crippen LogP contribution < -0.4 is 10.1 Å². The molecule has 0 heterocycles.